The van der Waals surface area contributed by atoms with E-state index in [9.17, 15) is 0 Å². The number of aromatic nitrogens is 1. The zero-order valence-corrected chi connectivity index (χ0v) is 26.8. The molecule has 1 unspecified atom stereocenters. The molecule has 9 rings (SSSR count). The average Bonchev–Trinajstić information content (AvgIpc) is 3.84. The van der Waals surface area contributed by atoms with Gasteiger partial charge >= 0.3 is 0 Å². The molecule has 0 radical (unpaired) electrons. The highest BCUT2D eigenvalue weighted by Crippen LogP contribution is 2.43. The highest BCUT2D eigenvalue weighted by molar-refractivity contribution is 6.10. The van der Waals surface area contributed by atoms with Gasteiger partial charge in [0.1, 0.15) is 0 Å². The molecule has 0 aliphatic heterocycles. The normalized spacial score (nSPS) is 14.8. The van der Waals surface area contributed by atoms with Crippen molar-refractivity contribution >= 4 is 27.4 Å². The molecule has 7 aromatic carbocycles. The molecular weight excluding hydrogens is 591 g/mol. The number of hydrogen-bond donors (Lipinski definition) is 0. The van der Waals surface area contributed by atoms with Crippen LogP contribution in [0.1, 0.15) is 35.9 Å². The summed E-state index contributed by atoms with van der Waals surface area (Å²) in [7, 11) is 0. The third-order valence-corrected chi connectivity index (χ3v) is 9.71. The van der Waals surface area contributed by atoms with Crippen molar-refractivity contribution < 1.29 is 6.85 Å². The van der Waals surface area contributed by atoms with E-state index < -0.39 is 0 Å². The molecule has 0 fully saturated rings. The summed E-state index contributed by atoms with van der Waals surface area (Å²) >= 11 is 0. The lowest BCUT2D eigenvalue weighted by molar-refractivity contribution is 0.924. The summed E-state index contributed by atoms with van der Waals surface area (Å²) in [6.45, 7) is 0. The molecule has 0 amide bonds. The number of fused-ring (bicyclic) bond motifs is 3. The van der Waals surface area contributed by atoms with E-state index in [1.807, 2.05) is 36.4 Å². The summed E-state index contributed by atoms with van der Waals surface area (Å²) in [6.07, 6.45) is 5.28. The van der Waals surface area contributed by atoms with Crippen molar-refractivity contribution in [2.75, 3.05) is 0 Å². The van der Waals surface area contributed by atoms with Crippen LogP contribution in [0.4, 0.5) is 0 Å². The minimum Gasteiger partial charge on any atom is -0.309 e. The van der Waals surface area contributed by atoms with Crippen molar-refractivity contribution in [3.8, 4) is 27.9 Å². The summed E-state index contributed by atoms with van der Waals surface area (Å²) in [6, 6.07) is 51.5. The first-order chi connectivity index (χ1) is 26.4. The predicted molar refractivity (Wildman–Crippen MR) is 207 cm³/mol. The Labute approximate surface area is 294 Å². The maximum Gasteiger partial charge on any atom is 0.0629 e. The molecule has 0 bridgehead atoms. The molecule has 0 saturated carbocycles. The second-order valence-corrected chi connectivity index (χ2v) is 12.6. The van der Waals surface area contributed by atoms with Crippen LogP contribution in [0.2, 0.25) is 0 Å². The van der Waals surface area contributed by atoms with Crippen molar-refractivity contribution in [1.29, 1.82) is 0 Å². The van der Waals surface area contributed by atoms with E-state index in [2.05, 4.69) is 132 Å². The van der Waals surface area contributed by atoms with Crippen LogP contribution >= 0.6 is 0 Å². The lowest BCUT2D eigenvalue weighted by Gasteiger charge is -2.22. The Morgan fingerprint density at radius 1 is 0.469 bits per heavy atom. The molecule has 1 aromatic heterocycles. The highest BCUT2D eigenvalue weighted by Gasteiger charge is 2.24. The van der Waals surface area contributed by atoms with Crippen LogP contribution in [-0.4, -0.2) is 4.57 Å². The molecule has 1 heterocycles. The number of benzene rings is 7. The predicted octanol–water partition coefficient (Wildman–Crippen LogP) is 12.7. The highest BCUT2D eigenvalue weighted by atomic mass is 15.0. The van der Waals surface area contributed by atoms with E-state index in [1.54, 1.807) is 0 Å². The maximum absolute atomic E-state index is 8.53. The van der Waals surface area contributed by atoms with E-state index in [-0.39, 0.29) is 41.7 Å². The zero-order valence-electron chi connectivity index (χ0n) is 31.8. The summed E-state index contributed by atoms with van der Waals surface area (Å²) in [4.78, 5) is 0. The Morgan fingerprint density at radius 3 is 1.76 bits per heavy atom. The van der Waals surface area contributed by atoms with Gasteiger partial charge in [-0.15, -0.1) is 0 Å². The topological polar surface area (TPSA) is 4.93 Å². The second-order valence-electron chi connectivity index (χ2n) is 12.6. The van der Waals surface area contributed by atoms with Crippen LogP contribution in [0.15, 0.2) is 200 Å². The molecule has 0 spiro atoms. The average molecular weight is 631 g/mol. The van der Waals surface area contributed by atoms with Crippen LogP contribution in [0.25, 0.3) is 55.3 Å². The fourth-order valence-corrected chi connectivity index (χ4v) is 7.33. The first kappa shape index (κ1) is 24.0. The maximum atomic E-state index is 8.53. The van der Waals surface area contributed by atoms with E-state index >= 15 is 0 Å². The van der Waals surface area contributed by atoms with E-state index in [4.69, 9.17) is 6.85 Å². The van der Waals surface area contributed by atoms with Crippen LogP contribution in [0, 0.1) is 0 Å². The van der Waals surface area contributed by atoms with Gasteiger partial charge in [0, 0.05) is 22.4 Å². The molecule has 0 saturated heterocycles. The Morgan fingerprint density at radius 2 is 1.04 bits per heavy atom. The lowest BCUT2D eigenvalue weighted by Crippen LogP contribution is -2.05. The van der Waals surface area contributed by atoms with Crippen LogP contribution < -0.4 is 0 Å². The quantitative estimate of drug-likeness (QED) is 0.165. The van der Waals surface area contributed by atoms with Crippen molar-refractivity contribution in [1.82, 2.24) is 4.57 Å². The molecule has 232 valence electrons. The van der Waals surface area contributed by atoms with Gasteiger partial charge in [0.25, 0.3) is 0 Å². The van der Waals surface area contributed by atoms with Gasteiger partial charge in [-0.3, -0.25) is 0 Å². The minimum absolute atomic E-state index is 0.0543. The van der Waals surface area contributed by atoms with Gasteiger partial charge in [0.2, 0.25) is 0 Å². The van der Waals surface area contributed by atoms with Crippen molar-refractivity contribution in [2.24, 2.45) is 0 Å². The molecule has 1 aliphatic rings. The summed E-state index contributed by atoms with van der Waals surface area (Å²) in [5, 5.41) is 2.44. The van der Waals surface area contributed by atoms with Gasteiger partial charge in [-0.2, -0.15) is 0 Å². The Kier molecular flexibility index (Phi) is 6.11. The molecule has 1 aliphatic carbocycles. The minimum atomic E-state index is -0.387. The molecule has 8 aromatic rings. The number of rotatable bonds is 7. The van der Waals surface area contributed by atoms with Gasteiger partial charge in [0.15, 0.2) is 0 Å². The Bertz CT molecular complexity index is 2730. The Hall–Kier alpha value is -6.18. The second kappa shape index (κ2) is 12.4. The monoisotopic (exact) mass is 630 g/mol. The third-order valence-electron chi connectivity index (χ3n) is 9.71. The van der Waals surface area contributed by atoms with Crippen molar-refractivity contribution in [3.63, 3.8) is 0 Å². The van der Waals surface area contributed by atoms with E-state index in [0.717, 1.165) is 34.4 Å². The summed E-state index contributed by atoms with van der Waals surface area (Å²) < 4.78 is 43.8. The number of allylic oxidation sites excluding steroid dienone is 4. The standard InChI is InChI=1S/C48H35N/c1-4-12-34(13-5-1)36-20-24-38(25-21-36)48(39-26-22-37(23-27-39)35-14-6-2-7-15-35)42-29-28-40(32-42)41-30-31-47-45(33-41)44-18-10-11-19-46(44)49(47)43-16-8-3-9-17-43/h1-31,33,48H,32H2/i1D,4D,5D,12D,13D. The van der Waals surface area contributed by atoms with Gasteiger partial charge in [0.05, 0.1) is 17.9 Å². The zero-order chi connectivity index (χ0) is 36.9. The number of hydrogen-bond acceptors (Lipinski definition) is 0. The van der Waals surface area contributed by atoms with Gasteiger partial charge in [-0.05, 0) is 81.3 Å². The summed E-state index contributed by atoms with van der Waals surface area (Å²) in [5.74, 6) is -0.0543. The molecular formula is C48H35N. The molecule has 1 atom stereocenters. The number of nitrogens with zero attached hydrogens (tertiary/aromatic N) is 1. The largest absolute Gasteiger partial charge is 0.309 e. The molecule has 1 heteroatoms. The van der Waals surface area contributed by atoms with Gasteiger partial charge in [-0.1, -0.05) is 169 Å². The van der Waals surface area contributed by atoms with E-state index in [0.29, 0.717) is 5.56 Å². The first-order valence-corrected chi connectivity index (χ1v) is 16.7. The Balaban J connectivity index is 1.09. The fourth-order valence-electron chi connectivity index (χ4n) is 7.33. The molecule has 0 N–H and O–H groups in total. The van der Waals surface area contributed by atoms with Crippen LogP contribution in [0.5, 0.6) is 0 Å². The lowest BCUT2D eigenvalue weighted by atomic mass is 9.82. The fraction of sp³-hybridized carbons (Fsp3) is 0.0417. The molecule has 49 heavy (non-hydrogen) atoms. The SMILES string of the molecule is [2H]c1c([2H])c([2H])c(-c2ccc(C(C3=CC=C(c4ccc5c(c4)c4ccccc4n5-c4ccccc4)C3)c3ccc(-c4ccccc4)cc3)cc2)c([2H])c1[2H]. The third kappa shape index (κ3) is 5.40. The van der Waals surface area contributed by atoms with Crippen molar-refractivity contribution in [3.05, 3.63) is 216 Å². The summed E-state index contributed by atoms with van der Waals surface area (Å²) in [5.41, 5.74) is 12.6. The van der Waals surface area contributed by atoms with E-state index in [1.165, 1.54) is 38.5 Å². The van der Waals surface area contributed by atoms with Gasteiger partial charge in [-0.25, -0.2) is 0 Å². The number of para-hydroxylation sites is 2. The van der Waals surface area contributed by atoms with Crippen LogP contribution in [-0.2, 0) is 0 Å². The first-order valence-electron chi connectivity index (χ1n) is 19.2. The van der Waals surface area contributed by atoms with Crippen molar-refractivity contribution in [2.45, 2.75) is 12.3 Å². The van der Waals surface area contributed by atoms with Gasteiger partial charge < -0.3 is 4.57 Å². The smallest absolute Gasteiger partial charge is 0.0629 e. The molecule has 1 nitrogen and oxygen atoms in total. The van der Waals surface area contributed by atoms with Crippen LogP contribution in [0.3, 0.4) is 0 Å².